The number of hydrogen-bond donors (Lipinski definition) is 1. The van der Waals surface area contributed by atoms with Crippen molar-refractivity contribution >= 4 is 11.8 Å². The summed E-state index contributed by atoms with van der Waals surface area (Å²) < 4.78 is 11.7. The third-order valence-electron chi connectivity index (χ3n) is 4.09. The predicted octanol–water partition coefficient (Wildman–Crippen LogP) is 2.74. The lowest BCUT2D eigenvalue weighted by Gasteiger charge is -2.35. The number of thioether (sulfide) groups is 1. The SMILES string of the molecule is COc1ccc2c(c1)OC(C1(SC)CC1)CC2N. The fourth-order valence-corrected chi connectivity index (χ4v) is 3.63. The molecule has 18 heavy (non-hydrogen) atoms. The Labute approximate surface area is 112 Å². The molecule has 0 radical (unpaired) electrons. The van der Waals surface area contributed by atoms with Gasteiger partial charge in [-0.3, -0.25) is 0 Å². The van der Waals surface area contributed by atoms with Gasteiger partial charge in [-0.2, -0.15) is 11.8 Å². The molecule has 0 saturated heterocycles. The standard InChI is InChI=1S/C14H19NO2S/c1-16-9-3-4-10-11(15)8-13(17-12(10)7-9)14(18-2)5-6-14/h3-4,7,11,13H,5-6,8,15H2,1-2H3. The number of nitrogens with two attached hydrogens (primary N) is 1. The van der Waals surface area contributed by atoms with Gasteiger partial charge in [0, 0.05) is 24.1 Å². The Balaban J connectivity index is 1.90. The molecule has 0 amide bonds. The molecular formula is C14H19NO2S. The Morgan fingerprint density at radius 3 is 2.83 bits per heavy atom. The van der Waals surface area contributed by atoms with Crippen molar-refractivity contribution < 1.29 is 9.47 Å². The Hall–Kier alpha value is -0.870. The Morgan fingerprint density at radius 1 is 1.44 bits per heavy atom. The number of hydrogen-bond acceptors (Lipinski definition) is 4. The zero-order valence-electron chi connectivity index (χ0n) is 10.8. The van der Waals surface area contributed by atoms with Crippen molar-refractivity contribution in [1.29, 1.82) is 0 Å². The van der Waals surface area contributed by atoms with E-state index in [4.69, 9.17) is 15.2 Å². The second kappa shape index (κ2) is 4.35. The first kappa shape index (κ1) is 12.2. The molecule has 1 aliphatic heterocycles. The molecule has 0 spiro atoms. The number of rotatable bonds is 3. The molecule has 0 bridgehead atoms. The van der Waals surface area contributed by atoms with E-state index >= 15 is 0 Å². The summed E-state index contributed by atoms with van der Waals surface area (Å²) in [6.07, 6.45) is 5.81. The van der Waals surface area contributed by atoms with Crippen molar-refractivity contribution in [2.75, 3.05) is 13.4 Å². The maximum absolute atomic E-state index is 6.28. The Bertz CT molecular complexity index is 459. The van der Waals surface area contributed by atoms with Crippen LogP contribution >= 0.6 is 11.8 Å². The van der Waals surface area contributed by atoms with Gasteiger partial charge in [-0.05, 0) is 25.2 Å². The molecule has 4 heteroatoms. The van der Waals surface area contributed by atoms with Crippen molar-refractivity contribution in [3.8, 4) is 11.5 Å². The lowest BCUT2D eigenvalue weighted by molar-refractivity contribution is 0.149. The summed E-state index contributed by atoms with van der Waals surface area (Å²) in [6, 6.07) is 6.00. The van der Waals surface area contributed by atoms with Gasteiger partial charge in [-0.1, -0.05) is 6.07 Å². The van der Waals surface area contributed by atoms with Crippen LogP contribution in [0.4, 0.5) is 0 Å². The van der Waals surface area contributed by atoms with E-state index < -0.39 is 0 Å². The normalized spacial score (nSPS) is 28.2. The smallest absolute Gasteiger partial charge is 0.128 e. The van der Waals surface area contributed by atoms with Crippen LogP contribution in [0.25, 0.3) is 0 Å². The highest BCUT2D eigenvalue weighted by molar-refractivity contribution is 8.00. The van der Waals surface area contributed by atoms with Crippen LogP contribution in [0.3, 0.4) is 0 Å². The average Bonchev–Trinajstić information content (AvgIpc) is 3.19. The third kappa shape index (κ3) is 1.88. The Morgan fingerprint density at radius 2 is 2.22 bits per heavy atom. The minimum absolute atomic E-state index is 0.0780. The van der Waals surface area contributed by atoms with Crippen molar-refractivity contribution in [3.63, 3.8) is 0 Å². The van der Waals surface area contributed by atoms with Crippen LogP contribution in [-0.4, -0.2) is 24.2 Å². The van der Waals surface area contributed by atoms with E-state index in [1.165, 1.54) is 12.8 Å². The minimum atomic E-state index is 0.0780. The molecule has 1 aromatic carbocycles. The lowest BCUT2D eigenvalue weighted by Crippen LogP contribution is -2.38. The first-order valence-electron chi connectivity index (χ1n) is 6.34. The van der Waals surface area contributed by atoms with E-state index in [0.717, 1.165) is 23.5 Å². The van der Waals surface area contributed by atoms with Crippen molar-refractivity contribution in [2.24, 2.45) is 5.73 Å². The fraction of sp³-hybridized carbons (Fsp3) is 0.571. The lowest BCUT2D eigenvalue weighted by atomic mass is 9.95. The predicted molar refractivity (Wildman–Crippen MR) is 74.4 cm³/mol. The fourth-order valence-electron chi connectivity index (χ4n) is 2.71. The van der Waals surface area contributed by atoms with Gasteiger partial charge >= 0.3 is 0 Å². The number of fused-ring (bicyclic) bond motifs is 1. The van der Waals surface area contributed by atoms with Crippen LogP contribution in [-0.2, 0) is 0 Å². The molecule has 1 fully saturated rings. The molecule has 98 valence electrons. The van der Waals surface area contributed by atoms with E-state index in [2.05, 4.69) is 6.26 Å². The van der Waals surface area contributed by atoms with Crippen LogP contribution < -0.4 is 15.2 Å². The molecule has 3 nitrogen and oxygen atoms in total. The first-order valence-corrected chi connectivity index (χ1v) is 7.56. The van der Waals surface area contributed by atoms with E-state index in [9.17, 15) is 0 Å². The molecule has 1 aliphatic carbocycles. The molecule has 1 aromatic rings. The molecule has 2 unspecified atom stereocenters. The summed E-state index contributed by atoms with van der Waals surface area (Å²) in [6.45, 7) is 0. The van der Waals surface area contributed by atoms with Gasteiger partial charge in [0.25, 0.3) is 0 Å². The topological polar surface area (TPSA) is 44.5 Å². The number of methoxy groups -OCH3 is 1. The summed E-state index contributed by atoms with van der Waals surface area (Å²) in [5.74, 6) is 1.73. The van der Waals surface area contributed by atoms with Crippen LogP contribution in [0.15, 0.2) is 18.2 Å². The van der Waals surface area contributed by atoms with Crippen LogP contribution in [0.5, 0.6) is 11.5 Å². The van der Waals surface area contributed by atoms with Gasteiger partial charge in [-0.15, -0.1) is 0 Å². The second-order valence-electron chi connectivity index (χ2n) is 5.12. The van der Waals surface area contributed by atoms with Crippen LogP contribution in [0, 0.1) is 0 Å². The largest absolute Gasteiger partial charge is 0.497 e. The van der Waals surface area contributed by atoms with E-state index in [1.54, 1.807) is 7.11 Å². The van der Waals surface area contributed by atoms with Gasteiger partial charge < -0.3 is 15.2 Å². The average molecular weight is 265 g/mol. The Kier molecular flexibility index (Phi) is 2.94. The highest BCUT2D eigenvalue weighted by Gasteiger charge is 2.52. The van der Waals surface area contributed by atoms with E-state index in [0.29, 0.717) is 4.75 Å². The van der Waals surface area contributed by atoms with Crippen molar-refractivity contribution in [2.45, 2.75) is 36.2 Å². The third-order valence-corrected chi connectivity index (χ3v) is 5.58. The van der Waals surface area contributed by atoms with Crippen LogP contribution in [0.2, 0.25) is 0 Å². The zero-order valence-corrected chi connectivity index (χ0v) is 11.6. The van der Waals surface area contributed by atoms with Crippen LogP contribution in [0.1, 0.15) is 30.9 Å². The monoisotopic (exact) mass is 265 g/mol. The molecule has 2 N–H and O–H groups in total. The highest BCUT2D eigenvalue weighted by Crippen LogP contribution is 2.54. The molecule has 3 rings (SSSR count). The van der Waals surface area contributed by atoms with E-state index in [1.807, 2.05) is 30.0 Å². The maximum Gasteiger partial charge on any atom is 0.128 e. The van der Waals surface area contributed by atoms with Crippen molar-refractivity contribution in [3.05, 3.63) is 23.8 Å². The molecule has 0 aromatic heterocycles. The van der Waals surface area contributed by atoms with Gasteiger partial charge in [0.05, 0.1) is 11.9 Å². The number of ether oxygens (including phenoxy) is 2. The first-order chi connectivity index (χ1) is 8.68. The zero-order chi connectivity index (χ0) is 12.8. The summed E-state index contributed by atoms with van der Waals surface area (Å²) in [4.78, 5) is 0. The quantitative estimate of drug-likeness (QED) is 0.912. The van der Waals surface area contributed by atoms with E-state index in [-0.39, 0.29) is 12.1 Å². The van der Waals surface area contributed by atoms with Gasteiger partial charge in [-0.25, -0.2) is 0 Å². The molecule has 2 aliphatic rings. The summed E-state index contributed by atoms with van der Waals surface area (Å²) in [5.41, 5.74) is 7.38. The van der Waals surface area contributed by atoms with Gasteiger partial charge in [0.2, 0.25) is 0 Å². The minimum Gasteiger partial charge on any atom is -0.497 e. The highest BCUT2D eigenvalue weighted by atomic mass is 32.2. The molecule has 1 heterocycles. The van der Waals surface area contributed by atoms with Gasteiger partial charge in [0.1, 0.15) is 17.6 Å². The maximum atomic E-state index is 6.28. The van der Waals surface area contributed by atoms with Crippen molar-refractivity contribution in [1.82, 2.24) is 0 Å². The van der Waals surface area contributed by atoms with Gasteiger partial charge in [0.15, 0.2) is 0 Å². The number of benzene rings is 1. The molecule has 1 saturated carbocycles. The molecular weight excluding hydrogens is 246 g/mol. The molecule has 2 atom stereocenters. The summed E-state index contributed by atoms with van der Waals surface area (Å²) >= 11 is 1.92. The summed E-state index contributed by atoms with van der Waals surface area (Å²) in [5, 5.41) is 0. The second-order valence-corrected chi connectivity index (χ2v) is 6.34. The summed E-state index contributed by atoms with van der Waals surface area (Å²) in [7, 11) is 1.67.